The molecule has 0 unspecified atom stereocenters. The van der Waals surface area contributed by atoms with Gasteiger partial charge in [-0.2, -0.15) is 5.26 Å². The molecule has 6 heteroatoms. The molecule has 39 heavy (non-hydrogen) atoms. The van der Waals surface area contributed by atoms with Crippen LogP contribution in [0.25, 0.3) is 16.2 Å². The van der Waals surface area contributed by atoms with Gasteiger partial charge in [0.1, 0.15) is 5.75 Å². The van der Waals surface area contributed by atoms with E-state index in [0.29, 0.717) is 41.8 Å². The minimum absolute atomic E-state index is 0.00318. The molecule has 0 radical (unpaired) electrons. The molecule has 3 aromatic rings. The first kappa shape index (κ1) is 27.0. The van der Waals surface area contributed by atoms with Crippen LogP contribution >= 0.6 is 11.6 Å². The number of nitrogens with zero attached hydrogens (tertiary/aromatic N) is 2. The molecular formula is C33H34ClN3O2. The number of carbonyl (C=O) groups excluding carboxylic acids is 1. The van der Waals surface area contributed by atoms with Crippen LogP contribution in [0, 0.1) is 11.3 Å². The summed E-state index contributed by atoms with van der Waals surface area (Å²) in [6.07, 6.45) is 4.47. The highest BCUT2D eigenvalue weighted by molar-refractivity contribution is 6.51. The van der Waals surface area contributed by atoms with Gasteiger partial charge < -0.3 is 15.0 Å². The van der Waals surface area contributed by atoms with Crippen LogP contribution in [0.2, 0.25) is 0 Å². The van der Waals surface area contributed by atoms with Gasteiger partial charge in [-0.15, -0.1) is 0 Å². The number of carbonyl (C=O) groups is 1. The highest BCUT2D eigenvalue weighted by Crippen LogP contribution is 2.38. The molecule has 0 aliphatic heterocycles. The molecule has 0 atom stereocenters. The summed E-state index contributed by atoms with van der Waals surface area (Å²) >= 11 is 6.82. The molecule has 0 aromatic heterocycles. The lowest BCUT2D eigenvalue weighted by molar-refractivity contribution is -0.130. The van der Waals surface area contributed by atoms with E-state index in [4.69, 9.17) is 16.3 Å². The third kappa shape index (κ3) is 5.73. The maximum absolute atomic E-state index is 14.3. The lowest BCUT2D eigenvalue weighted by Crippen LogP contribution is -2.45. The Kier molecular flexibility index (Phi) is 8.35. The fourth-order valence-electron chi connectivity index (χ4n) is 5.84. The summed E-state index contributed by atoms with van der Waals surface area (Å²) in [6.45, 7) is 2.93. The highest BCUT2D eigenvalue weighted by Gasteiger charge is 2.34. The number of hydrogen-bond acceptors (Lipinski definition) is 4. The minimum Gasteiger partial charge on any atom is -0.494 e. The van der Waals surface area contributed by atoms with Crippen molar-refractivity contribution in [2.45, 2.75) is 57.7 Å². The van der Waals surface area contributed by atoms with Gasteiger partial charge in [0.15, 0.2) is 0 Å². The van der Waals surface area contributed by atoms with Gasteiger partial charge in [-0.1, -0.05) is 54.1 Å². The van der Waals surface area contributed by atoms with Gasteiger partial charge in [-0.05, 0) is 86.2 Å². The smallest absolute Gasteiger partial charge is 0.252 e. The molecule has 1 saturated carbocycles. The third-order valence-corrected chi connectivity index (χ3v) is 8.41. The first-order chi connectivity index (χ1) is 19.0. The molecule has 3 aromatic carbocycles. The molecule has 0 heterocycles. The quantitative estimate of drug-likeness (QED) is 0.346. The Labute approximate surface area is 236 Å². The van der Waals surface area contributed by atoms with E-state index in [1.807, 2.05) is 73.5 Å². The van der Waals surface area contributed by atoms with Crippen LogP contribution in [0.4, 0.5) is 0 Å². The van der Waals surface area contributed by atoms with Crippen molar-refractivity contribution < 1.29 is 9.53 Å². The Morgan fingerprint density at radius 1 is 1.05 bits per heavy atom. The van der Waals surface area contributed by atoms with Gasteiger partial charge in [0.25, 0.3) is 5.91 Å². The standard InChI is InChI=1S/C33H34ClN3O2/c1-3-39-31-16-11-24(23-9-6-7-22(17-23)20-35)18-26(31)21-37(28-14-12-27(36-2)13-15-28)33(38)30-19-25-8-4-5-10-29(25)32(30)34/h4-11,16-18,27-28,36H,3,12-15,19,21H2,1-2H3/t27-,28+. The van der Waals surface area contributed by atoms with Gasteiger partial charge in [-0.3, -0.25) is 4.79 Å². The van der Waals surface area contributed by atoms with E-state index in [0.717, 1.165) is 59.3 Å². The average molecular weight is 540 g/mol. The summed E-state index contributed by atoms with van der Waals surface area (Å²) in [7, 11) is 2.01. The van der Waals surface area contributed by atoms with Crippen molar-refractivity contribution in [2.24, 2.45) is 0 Å². The minimum atomic E-state index is 0.00318. The molecule has 1 fully saturated rings. The van der Waals surface area contributed by atoms with E-state index < -0.39 is 0 Å². The first-order valence-corrected chi connectivity index (χ1v) is 14.1. The zero-order chi connectivity index (χ0) is 27.4. The molecule has 5 rings (SSSR count). The molecular weight excluding hydrogens is 506 g/mol. The Hall–Kier alpha value is -3.59. The first-order valence-electron chi connectivity index (χ1n) is 13.7. The number of halogens is 1. The van der Waals surface area contributed by atoms with Crippen molar-refractivity contribution in [3.63, 3.8) is 0 Å². The van der Waals surface area contributed by atoms with Crippen LogP contribution in [0.1, 0.15) is 54.9 Å². The fourth-order valence-corrected chi connectivity index (χ4v) is 6.17. The Balaban J connectivity index is 1.52. The number of rotatable bonds is 8. The van der Waals surface area contributed by atoms with Crippen LogP contribution in [0.15, 0.2) is 72.3 Å². The zero-order valence-electron chi connectivity index (χ0n) is 22.5. The second kappa shape index (κ2) is 12.1. The van der Waals surface area contributed by atoms with Crippen LogP contribution in [0.3, 0.4) is 0 Å². The van der Waals surface area contributed by atoms with Crippen molar-refractivity contribution in [3.05, 3.63) is 94.6 Å². The number of ether oxygens (including phenoxy) is 1. The largest absolute Gasteiger partial charge is 0.494 e. The monoisotopic (exact) mass is 539 g/mol. The Morgan fingerprint density at radius 2 is 1.82 bits per heavy atom. The molecule has 0 saturated heterocycles. The summed E-state index contributed by atoms with van der Waals surface area (Å²) in [5, 5.41) is 13.4. The van der Waals surface area contributed by atoms with E-state index in [1.54, 1.807) is 6.07 Å². The summed E-state index contributed by atoms with van der Waals surface area (Å²) in [5.41, 5.74) is 6.24. The zero-order valence-corrected chi connectivity index (χ0v) is 23.3. The Bertz CT molecular complexity index is 1430. The van der Waals surface area contributed by atoms with Crippen molar-refractivity contribution in [3.8, 4) is 22.9 Å². The third-order valence-electron chi connectivity index (χ3n) is 7.98. The summed E-state index contributed by atoms with van der Waals surface area (Å²) < 4.78 is 6.03. The number of amides is 1. The van der Waals surface area contributed by atoms with Crippen LogP contribution in [0.5, 0.6) is 5.75 Å². The summed E-state index contributed by atoms with van der Waals surface area (Å²) in [4.78, 5) is 16.3. The topological polar surface area (TPSA) is 65.4 Å². The number of hydrogen-bond donors (Lipinski definition) is 1. The molecule has 1 N–H and O–H groups in total. The van der Waals surface area contributed by atoms with E-state index in [2.05, 4.69) is 17.5 Å². The van der Waals surface area contributed by atoms with E-state index in [9.17, 15) is 10.1 Å². The second-order valence-corrected chi connectivity index (χ2v) is 10.7. The molecule has 1 amide bonds. The van der Waals surface area contributed by atoms with Crippen LogP contribution < -0.4 is 10.1 Å². The summed E-state index contributed by atoms with van der Waals surface area (Å²) in [6, 6.07) is 24.5. The molecule has 200 valence electrons. The number of nitriles is 1. The van der Waals surface area contributed by atoms with Crippen LogP contribution in [-0.2, 0) is 17.8 Å². The number of nitrogens with one attached hydrogen (secondary N) is 1. The maximum atomic E-state index is 14.3. The van der Waals surface area contributed by atoms with E-state index >= 15 is 0 Å². The van der Waals surface area contributed by atoms with E-state index in [-0.39, 0.29) is 11.9 Å². The highest BCUT2D eigenvalue weighted by atomic mass is 35.5. The normalized spacial score (nSPS) is 18.4. The number of benzene rings is 3. The Morgan fingerprint density at radius 3 is 2.54 bits per heavy atom. The molecule has 0 bridgehead atoms. The predicted molar refractivity (Wildman–Crippen MR) is 156 cm³/mol. The molecule has 2 aliphatic carbocycles. The van der Waals surface area contributed by atoms with Gasteiger partial charge in [0, 0.05) is 36.2 Å². The van der Waals surface area contributed by atoms with Gasteiger partial charge >= 0.3 is 0 Å². The van der Waals surface area contributed by atoms with Gasteiger partial charge in [-0.25, -0.2) is 0 Å². The van der Waals surface area contributed by atoms with Crippen molar-refractivity contribution >= 4 is 22.5 Å². The molecule has 0 spiro atoms. The molecule has 2 aliphatic rings. The summed E-state index contributed by atoms with van der Waals surface area (Å²) in [5.74, 6) is 0.776. The van der Waals surface area contributed by atoms with Gasteiger partial charge in [0.05, 0.1) is 23.3 Å². The fraction of sp³-hybridized carbons (Fsp3) is 0.333. The van der Waals surface area contributed by atoms with Crippen molar-refractivity contribution in [2.75, 3.05) is 13.7 Å². The van der Waals surface area contributed by atoms with E-state index in [1.165, 1.54) is 0 Å². The van der Waals surface area contributed by atoms with Crippen molar-refractivity contribution in [1.29, 1.82) is 5.26 Å². The van der Waals surface area contributed by atoms with Crippen molar-refractivity contribution in [1.82, 2.24) is 10.2 Å². The number of fused-ring (bicyclic) bond motifs is 1. The van der Waals surface area contributed by atoms with Crippen LogP contribution in [-0.4, -0.2) is 36.5 Å². The lowest BCUT2D eigenvalue weighted by atomic mass is 9.89. The average Bonchev–Trinajstić information content (AvgIpc) is 3.32. The maximum Gasteiger partial charge on any atom is 0.252 e. The predicted octanol–water partition coefficient (Wildman–Crippen LogP) is 6.69. The SMILES string of the molecule is CCOc1ccc(-c2cccc(C#N)c2)cc1CN(C(=O)C1=C(Cl)c2ccccc2C1)[C@H]1CC[C@@H](NC)CC1. The lowest BCUT2D eigenvalue weighted by Gasteiger charge is -2.37. The molecule has 5 nitrogen and oxygen atoms in total. The van der Waals surface area contributed by atoms with Gasteiger partial charge in [0.2, 0.25) is 0 Å². The second-order valence-electron chi connectivity index (χ2n) is 10.3.